The number of nitrogens with one attached hydrogen (secondary N) is 1. The first-order valence-electron chi connectivity index (χ1n) is 4.45. The van der Waals surface area contributed by atoms with Gasteiger partial charge < -0.3 is 15.5 Å². The van der Waals surface area contributed by atoms with E-state index < -0.39 is 30.3 Å². The second-order valence-corrected chi connectivity index (χ2v) is 3.07. The number of carboxylic acid groups (broad SMARTS) is 1. The van der Waals surface area contributed by atoms with Crippen molar-refractivity contribution in [1.82, 2.24) is 5.32 Å². The monoisotopic (exact) mass is 227 g/mol. The topological polar surface area (TPSA) is 86.6 Å². The van der Waals surface area contributed by atoms with Crippen LogP contribution >= 0.6 is 0 Å². The highest BCUT2D eigenvalue weighted by Gasteiger charge is 2.14. The fourth-order valence-corrected chi connectivity index (χ4v) is 1.01. The van der Waals surface area contributed by atoms with Crippen molar-refractivity contribution in [2.45, 2.75) is 6.10 Å². The summed E-state index contributed by atoms with van der Waals surface area (Å²) in [5.41, 5.74) is 0.0672. The first-order chi connectivity index (χ1) is 7.50. The van der Waals surface area contributed by atoms with Gasteiger partial charge in [-0.15, -0.1) is 0 Å². The lowest BCUT2D eigenvalue weighted by atomic mass is 10.2. The third kappa shape index (κ3) is 3.32. The highest BCUT2D eigenvalue weighted by Crippen LogP contribution is 2.02. The Bertz CT molecular complexity index is 408. The SMILES string of the molecule is O=C(NCC(O)C(=O)O)c1cccc(F)c1. The summed E-state index contributed by atoms with van der Waals surface area (Å²) in [5.74, 6) is -2.63. The Balaban J connectivity index is 2.56. The molecule has 0 aliphatic carbocycles. The van der Waals surface area contributed by atoms with E-state index in [2.05, 4.69) is 5.32 Å². The quantitative estimate of drug-likeness (QED) is 0.675. The Morgan fingerprint density at radius 3 is 2.69 bits per heavy atom. The maximum Gasteiger partial charge on any atom is 0.334 e. The van der Waals surface area contributed by atoms with Crippen molar-refractivity contribution in [1.29, 1.82) is 0 Å². The van der Waals surface area contributed by atoms with Crippen molar-refractivity contribution in [3.8, 4) is 0 Å². The van der Waals surface area contributed by atoms with E-state index in [4.69, 9.17) is 10.2 Å². The van der Waals surface area contributed by atoms with E-state index in [1.165, 1.54) is 18.2 Å². The molecule has 1 aromatic carbocycles. The van der Waals surface area contributed by atoms with Crippen molar-refractivity contribution < 1.29 is 24.2 Å². The van der Waals surface area contributed by atoms with Crippen LogP contribution in [0, 0.1) is 5.82 Å². The fourth-order valence-electron chi connectivity index (χ4n) is 1.01. The number of rotatable bonds is 4. The van der Waals surface area contributed by atoms with E-state index >= 15 is 0 Å². The van der Waals surface area contributed by atoms with E-state index in [9.17, 15) is 14.0 Å². The number of aliphatic carboxylic acids is 1. The van der Waals surface area contributed by atoms with Crippen LogP contribution in [0.25, 0.3) is 0 Å². The van der Waals surface area contributed by atoms with Crippen molar-refractivity contribution in [3.63, 3.8) is 0 Å². The highest BCUT2D eigenvalue weighted by molar-refractivity contribution is 5.94. The molecule has 0 aliphatic rings. The van der Waals surface area contributed by atoms with Crippen molar-refractivity contribution in [3.05, 3.63) is 35.6 Å². The van der Waals surface area contributed by atoms with Crippen LogP contribution in [-0.2, 0) is 4.79 Å². The molecule has 0 saturated heterocycles. The molecule has 0 heterocycles. The van der Waals surface area contributed by atoms with Gasteiger partial charge in [0.05, 0.1) is 6.54 Å². The first-order valence-corrected chi connectivity index (χ1v) is 4.45. The maximum atomic E-state index is 12.7. The molecule has 1 atom stereocenters. The van der Waals surface area contributed by atoms with Crippen molar-refractivity contribution in [2.24, 2.45) is 0 Å². The Labute approximate surface area is 90.5 Å². The van der Waals surface area contributed by atoms with Gasteiger partial charge in [0.25, 0.3) is 5.91 Å². The van der Waals surface area contributed by atoms with E-state index in [1.807, 2.05) is 0 Å². The number of carbonyl (C=O) groups is 2. The lowest BCUT2D eigenvalue weighted by Crippen LogP contribution is -2.36. The summed E-state index contributed by atoms with van der Waals surface area (Å²) in [6.07, 6.45) is -1.67. The molecule has 1 rings (SSSR count). The molecule has 0 bridgehead atoms. The van der Waals surface area contributed by atoms with Crippen LogP contribution in [0.1, 0.15) is 10.4 Å². The molecule has 0 fully saturated rings. The first kappa shape index (κ1) is 12.1. The van der Waals surface area contributed by atoms with E-state index in [1.54, 1.807) is 0 Å². The van der Waals surface area contributed by atoms with E-state index in [-0.39, 0.29) is 5.56 Å². The van der Waals surface area contributed by atoms with Crippen LogP contribution < -0.4 is 5.32 Å². The zero-order valence-electron chi connectivity index (χ0n) is 8.18. The molecular formula is C10H10FNO4. The largest absolute Gasteiger partial charge is 0.479 e. The number of hydrogen-bond donors (Lipinski definition) is 3. The minimum absolute atomic E-state index is 0.0672. The Morgan fingerprint density at radius 2 is 2.12 bits per heavy atom. The number of aliphatic hydroxyl groups is 1. The van der Waals surface area contributed by atoms with Gasteiger partial charge in [0.1, 0.15) is 5.82 Å². The fraction of sp³-hybridized carbons (Fsp3) is 0.200. The number of carbonyl (C=O) groups excluding carboxylic acids is 1. The number of halogens is 1. The van der Waals surface area contributed by atoms with Crippen LogP contribution in [0.4, 0.5) is 4.39 Å². The number of aliphatic hydroxyl groups excluding tert-OH is 1. The summed E-state index contributed by atoms with van der Waals surface area (Å²) in [7, 11) is 0. The number of carboxylic acids is 1. The molecule has 1 aromatic rings. The summed E-state index contributed by atoms with van der Waals surface area (Å²) < 4.78 is 12.7. The molecule has 0 spiro atoms. The lowest BCUT2D eigenvalue weighted by Gasteiger charge is -2.07. The number of amides is 1. The summed E-state index contributed by atoms with van der Waals surface area (Å²) in [6, 6.07) is 4.94. The predicted octanol–water partition coefficient (Wildman–Crippen LogP) is 0.001000. The average Bonchev–Trinajstić information content (AvgIpc) is 2.25. The molecule has 3 N–H and O–H groups in total. The molecule has 0 aromatic heterocycles. The molecule has 1 amide bonds. The Morgan fingerprint density at radius 1 is 1.44 bits per heavy atom. The minimum atomic E-state index is -1.67. The number of benzene rings is 1. The average molecular weight is 227 g/mol. The lowest BCUT2D eigenvalue weighted by molar-refractivity contribution is -0.146. The van der Waals surface area contributed by atoms with Crippen LogP contribution in [-0.4, -0.2) is 34.7 Å². The summed E-state index contributed by atoms with van der Waals surface area (Å²) >= 11 is 0. The van der Waals surface area contributed by atoms with Gasteiger partial charge in [-0.2, -0.15) is 0 Å². The van der Waals surface area contributed by atoms with Gasteiger partial charge in [-0.05, 0) is 18.2 Å². The van der Waals surface area contributed by atoms with Gasteiger partial charge in [-0.25, -0.2) is 9.18 Å². The summed E-state index contributed by atoms with van der Waals surface area (Å²) in [4.78, 5) is 21.6. The Kier molecular flexibility index (Phi) is 3.96. The molecular weight excluding hydrogens is 217 g/mol. The summed E-state index contributed by atoms with van der Waals surface area (Å²) in [5, 5.41) is 19.4. The zero-order valence-corrected chi connectivity index (χ0v) is 8.18. The van der Waals surface area contributed by atoms with Gasteiger partial charge in [0.15, 0.2) is 6.10 Å². The number of hydrogen-bond acceptors (Lipinski definition) is 3. The van der Waals surface area contributed by atoms with E-state index in [0.29, 0.717) is 0 Å². The smallest absolute Gasteiger partial charge is 0.334 e. The standard InChI is InChI=1S/C10H10FNO4/c11-7-3-1-2-6(4-7)9(14)12-5-8(13)10(15)16/h1-4,8,13H,5H2,(H,12,14)(H,15,16). The Hall–Kier alpha value is -1.95. The van der Waals surface area contributed by atoms with Crippen LogP contribution in [0.3, 0.4) is 0 Å². The zero-order chi connectivity index (χ0) is 12.1. The normalized spacial score (nSPS) is 11.9. The molecule has 0 radical (unpaired) electrons. The highest BCUT2D eigenvalue weighted by atomic mass is 19.1. The van der Waals surface area contributed by atoms with E-state index in [0.717, 1.165) is 6.07 Å². The van der Waals surface area contributed by atoms with Gasteiger partial charge in [-0.1, -0.05) is 6.07 Å². The molecule has 86 valence electrons. The molecule has 6 heteroatoms. The molecule has 1 unspecified atom stereocenters. The second-order valence-electron chi connectivity index (χ2n) is 3.07. The van der Waals surface area contributed by atoms with Crippen LogP contribution in [0.15, 0.2) is 24.3 Å². The van der Waals surface area contributed by atoms with Crippen LogP contribution in [0.2, 0.25) is 0 Å². The second kappa shape index (κ2) is 5.22. The molecule has 16 heavy (non-hydrogen) atoms. The molecule has 5 nitrogen and oxygen atoms in total. The molecule has 0 aliphatic heterocycles. The van der Waals surface area contributed by atoms with Crippen molar-refractivity contribution in [2.75, 3.05) is 6.54 Å². The third-order valence-corrected chi connectivity index (χ3v) is 1.83. The maximum absolute atomic E-state index is 12.7. The van der Waals surface area contributed by atoms with Gasteiger partial charge in [0, 0.05) is 5.56 Å². The summed E-state index contributed by atoms with van der Waals surface area (Å²) in [6.45, 7) is -0.426. The van der Waals surface area contributed by atoms with Crippen molar-refractivity contribution >= 4 is 11.9 Å². The van der Waals surface area contributed by atoms with Gasteiger partial charge in [-0.3, -0.25) is 4.79 Å². The van der Waals surface area contributed by atoms with Gasteiger partial charge >= 0.3 is 5.97 Å². The predicted molar refractivity (Wildman–Crippen MR) is 52.4 cm³/mol. The van der Waals surface area contributed by atoms with Gasteiger partial charge in [0.2, 0.25) is 0 Å². The van der Waals surface area contributed by atoms with Crippen LogP contribution in [0.5, 0.6) is 0 Å². The third-order valence-electron chi connectivity index (χ3n) is 1.83. The molecule has 0 saturated carbocycles. The minimum Gasteiger partial charge on any atom is -0.479 e.